The Labute approximate surface area is 192 Å². The number of nitrogens with one attached hydrogen (secondary N) is 2. The molecule has 0 amide bonds. The van der Waals surface area contributed by atoms with Crippen LogP contribution in [0.3, 0.4) is 0 Å². The number of nitrogens with zero attached hydrogens (tertiary/aromatic N) is 4. The van der Waals surface area contributed by atoms with Crippen LogP contribution in [0.1, 0.15) is 36.7 Å². The van der Waals surface area contributed by atoms with Gasteiger partial charge in [0.1, 0.15) is 0 Å². The number of piperidine rings is 1. The summed E-state index contributed by atoms with van der Waals surface area (Å²) >= 11 is 0. The van der Waals surface area contributed by atoms with E-state index in [1.165, 1.54) is 0 Å². The second kappa shape index (κ2) is 11.0. The maximum absolute atomic E-state index is 12.7. The van der Waals surface area contributed by atoms with E-state index in [9.17, 15) is 21.6 Å². The fourth-order valence-corrected chi connectivity index (χ4v) is 4.34. The summed E-state index contributed by atoms with van der Waals surface area (Å²) in [5.74, 6) is 0.573. The van der Waals surface area contributed by atoms with Crippen LogP contribution in [0.4, 0.5) is 13.2 Å². The maximum Gasteiger partial charge on any atom is 0.511 e. The Hall–Kier alpha value is -1.09. The second-order valence-corrected chi connectivity index (χ2v) is 8.98. The number of guanidine groups is 1. The summed E-state index contributed by atoms with van der Waals surface area (Å²) in [6.45, 7) is 6.71. The van der Waals surface area contributed by atoms with E-state index in [4.69, 9.17) is 0 Å². The molecule has 0 spiro atoms. The van der Waals surface area contributed by atoms with Crippen LogP contribution in [0.5, 0.6) is 0 Å². The molecule has 8 nitrogen and oxygen atoms in total. The third-order valence-electron chi connectivity index (χ3n) is 5.06. The van der Waals surface area contributed by atoms with Gasteiger partial charge in [0, 0.05) is 45.0 Å². The summed E-state index contributed by atoms with van der Waals surface area (Å²) in [4.78, 5) is 4.55. The minimum atomic E-state index is -5.26. The third kappa shape index (κ3) is 6.45. The minimum Gasteiger partial charge on any atom is -0.357 e. The molecule has 2 heterocycles. The average Bonchev–Trinajstić information content (AvgIpc) is 2.87. The highest BCUT2D eigenvalue weighted by Gasteiger charge is 2.50. The predicted octanol–water partition coefficient (Wildman–Crippen LogP) is 2.07. The van der Waals surface area contributed by atoms with Crippen molar-refractivity contribution in [3.05, 3.63) is 17.0 Å². The molecule has 2 N–H and O–H groups in total. The highest BCUT2D eigenvalue weighted by atomic mass is 127. The van der Waals surface area contributed by atoms with Gasteiger partial charge >= 0.3 is 15.5 Å². The molecule has 0 atom stereocenters. The zero-order chi connectivity index (χ0) is 21.8. The molecule has 0 radical (unpaired) electrons. The third-order valence-corrected chi connectivity index (χ3v) is 6.69. The van der Waals surface area contributed by atoms with Crippen LogP contribution in [-0.2, 0) is 23.5 Å². The Morgan fingerprint density at radius 3 is 2.33 bits per heavy atom. The number of aromatic nitrogens is 2. The van der Waals surface area contributed by atoms with Crippen LogP contribution in [0.2, 0.25) is 0 Å². The SMILES string of the molecule is CCNC(=NCCc1c(C)nn(C)c1C)NC1CCN(S(=O)(=O)C(F)(F)F)CC1.I. The monoisotopic (exact) mass is 566 g/mol. The molecule has 13 heteroatoms. The first kappa shape index (κ1) is 26.9. The van der Waals surface area contributed by atoms with Gasteiger partial charge in [-0.25, -0.2) is 8.42 Å². The molecule has 30 heavy (non-hydrogen) atoms. The van der Waals surface area contributed by atoms with Crippen LogP contribution < -0.4 is 10.6 Å². The largest absolute Gasteiger partial charge is 0.511 e. The first-order valence-corrected chi connectivity index (χ1v) is 11.0. The van der Waals surface area contributed by atoms with Gasteiger partial charge in [0.15, 0.2) is 5.96 Å². The fourth-order valence-electron chi connectivity index (χ4n) is 3.36. The summed E-state index contributed by atoms with van der Waals surface area (Å²) < 4.78 is 63.4. The lowest BCUT2D eigenvalue weighted by Crippen LogP contribution is -2.51. The lowest BCUT2D eigenvalue weighted by Gasteiger charge is -2.32. The first-order chi connectivity index (χ1) is 13.5. The van der Waals surface area contributed by atoms with Crippen molar-refractivity contribution in [3.63, 3.8) is 0 Å². The molecule has 0 bridgehead atoms. The maximum atomic E-state index is 12.7. The summed E-state index contributed by atoms with van der Waals surface area (Å²) in [6.07, 6.45) is 1.28. The van der Waals surface area contributed by atoms with E-state index in [1.807, 2.05) is 32.5 Å². The van der Waals surface area contributed by atoms with Crippen LogP contribution in [-0.4, -0.2) is 66.2 Å². The van der Waals surface area contributed by atoms with Gasteiger partial charge < -0.3 is 10.6 Å². The number of sulfonamides is 1. The molecule has 1 aliphatic rings. The second-order valence-electron chi connectivity index (χ2n) is 7.05. The number of alkyl halides is 3. The topological polar surface area (TPSA) is 91.6 Å². The molecule has 1 aromatic heterocycles. The molecule has 0 unspecified atom stereocenters. The van der Waals surface area contributed by atoms with E-state index in [1.54, 1.807) is 0 Å². The molecule has 1 aliphatic heterocycles. The Morgan fingerprint density at radius 1 is 1.27 bits per heavy atom. The van der Waals surface area contributed by atoms with Gasteiger partial charge in [-0.2, -0.15) is 22.6 Å². The lowest BCUT2D eigenvalue weighted by atomic mass is 10.1. The van der Waals surface area contributed by atoms with Crippen LogP contribution in [0.25, 0.3) is 0 Å². The van der Waals surface area contributed by atoms with E-state index >= 15 is 0 Å². The van der Waals surface area contributed by atoms with Crippen molar-refractivity contribution in [1.82, 2.24) is 24.7 Å². The summed E-state index contributed by atoms with van der Waals surface area (Å²) in [6, 6.07) is -0.144. The normalized spacial score (nSPS) is 17.0. The van der Waals surface area contributed by atoms with Crippen LogP contribution >= 0.6 is 24.0 Å². The fraction of sp³-hybridized carbons (Fsp3) is 0.765. The molecule has 174 valence electrons. The predicted molar refractivity (Wildman–Crippen MR) is 120 cm³/mol. The van der Waals surface area contributed by atoms with E-state index in [2.05, 4.69) is 20.7 Å². The molecule has 0 saturated carbocycles. The van der Waals surface area contributed by atoms with Gasteiger partial charge in [0.2, 0.25) is 0 Å². The number of hydrogen-bond donors (Lipinski definition) is 2. The zero-order valence-corrected chi connectivity index (χ0v) is 20.7. The van der Waals surface area contributed by atoms with Crippen LogP contribution in [0, 0.1) is 13.8 Å². The van der Waals surface area contributed by atoms with E-state index in [0.717, 1.165) is 23.4 Å². The summed E-state index contributed by atoms with van der Waals surface area (Å²) in [7, 11) is -3.37. The standard InChI is InChI=1S/C17H29F3N6O2S.HI/c1-5-21-16(22-9-6-15-12(2)24-25(4)13(15)3)23-14-7-10-26(11-8-14)29(27,28)17(18,19)20;/h14H,5-11H2,1-4H3,(H2,21,22,23);1H. The number of rotatable bonds is 6. The van der Waals surface area contributed by atoms with Crippen molar-refractivity contribution in [2.24, 2.45) is 12.0 Å². The van der Waals surface area contributed by atoms with Crippen molar-refractivity contribution in [3.8, 4) is 0 Å². The molecule has 0 aromatic carbocycles. The lowest BCUT2D eigenvalue weighted by molar-refractivity contribution is -0.0494. The van der Waals surface area contributed by atoms with Crippen molar-refractivity contribution >= 4 is 40.0 Å². The molecule has 1 aromatic rings. The van der Waals surface area contributed by atoms with Crippen molar-refractivity contribution in [2.45, 2.75) is 51.6 Å². The highest BCUT2D eigenvalue weighted by Crippen LogP contribution is 2.28. The first-order valence-electron chi connectivity index (χ1n) is 9.57. The van der Waals surface area contributed by atoms with Gasteiger partial charge in [0.25, 0.3) is 0 Å². The molecular formula is C17H30F3IN6O2S. The number of halogens is 4. The number of hydrogen-bond acceptors (Lipinski definition) is 4. The Morgan fingerprint density at radius 2 is 1.87 bits per heavy atom. The van der Waals surface area contributed by atoms with Gasteiger partial charge in [-0.05, 0) is 45.6 Å². The minimum absolute atomic E-state index is 0. The molecule has 1 saturated heterocycles. The van der Waals surface area contributed by atoms with E-state index < -0.39 is 15.5 Å². The Kier molecular flexibility index (Phi) is 9.86. The quantitative estimate of drug-likeness (QED) is 0.313. The van der Waals surface area contributed by atoms with Gasteiger partial charge in [-0.3, -0.25) is 9.67 Å². The van der Waals surface area contributed by atoms with Gasteiger partial charge in [0.05, 0.1) is 5.69 Å². The highest BCUT2D eigenvalue weighted by molar-refractivity contribution is 14.0. The Bertz CT molecular complexity index is 833. The van der Waals surface area contributed by atoms with Gasteiger partial charge in [-0.15, -0.1) is 24.0 Å². The zero-order valence-electron chi connectivity index (χ0n) is 17.6. The molecule has 1 fully saturated rings. The van der Waals surface area contributed by atoms with Crippen molar-refractivity contribution in [2.75, 3.05) is 26.2 Å². The van der Waals surface area contributed by atoms with Crippen molar-refractivity contribution < 1.29 is 21.6 Å². The summed E-state index contributed by atoms with van der Waals surface area (Å²) in [5.41, 5.74) is -2.05. The smallest absolute Gasteiger partial charge is 0.357 e. The van der Waals surface area contributed by atoms with E-state index in [0.29, 0.717) is 23.4 Å². The van der Waals surface area contributed by atoms with Gasteiger partial charge in [-0.1, -0.05) is 0 Å². The molecule has 2 rings (SSSR count). The van der Waals surface area contributed by atoms with E-state index in [-0.39, 0.29) is 55.9 Å². The number of aryl methyl sites for hydroxylation is 2. The summed E-state index contributed by atoms with van der Waals surface area (Å²) in [5, 5.41) is 10.7. The number of aliphatic imine (C=N–C) groups is 1. The van der Waals surface area contributed by atoms with Crippen molar-refractivity contribution in [1.29, 1.82) is 0 Å². The molecular weight excluding hydrogens is 536 g/mol. The molecule has 0 aliphatic carbocycles. The average molecular weight is 566 g/mol. The van der Waals surface area contributed by atoms with Crippen LogP contribution in [0.15, 0.2) is 4.99 Å². The Balaban J connectivity index is 0.00000450.